The van der Waals surface area contributed by atoms with E-state index in [2.05, 4.69) is 20.7 Å². The average molecular weight is 509 g/mol. The molecule has 9 nitrogen and oxygen atoms in total. The fourth-order valence-electron chi connectivity index (χ4n) is 2.34. The van der Waals surface area contributed by atoms with Crippen molar-refractivity contribution < 1.29 is 23.5 Å². The second kappa shape index (κ2) is 12.2. The van der Waals surface area contributed by atoms with Crippen LogP contribution in [0.1, 0.15) is 28.7 Å². The van der Waals surface area contributed by atoms with E-state index >= 15 is 0 Å². The molecule has 0 saturated carbocycles. The van der Waals surface area contributed by atoms with Gasteiger partial charge in [0.15, 0.2) is 6.61 Å². The Hall–Kier alpha value is -3.08. The largest absolute Gasteiger partial charge is 0.482 e. The van der Waals surface area contributed by atoms with Gasteiger partial charge < -0.3 is 13.9 Å². The molecule has 1 heterocycles. The SMILES string of the molecule is CCOC(=O)c1ccc(/C=N\NC(=O)CSc2nnc(COc3ccc(Cl)cc3Cl)o2)cc1. The number of aromatic nitrogens is 2. The average Bonchev–Trinajstić information content (AvgIpc) is 3.25. The summed E-state index contributed by atoms with van der Waals surface area (Å²) >= 11 is 12.9. The van der Waals surface area contributed by atoms with E-state index in [1.807, 2.05) is 0 Å². The van der Waals surface area contributed by atoms with Crippen LogP contribution in [0.25, 0.3) is 0 Å². The predicted octanol–water partition coefficient (Wildman–Crippen LogP) is 4.37. The maximum absolute atomic E-state index is 12.0. The molecule has 0 atom stereocenters. The van der Waals surface area contributed by atoms with Crippen molar-refractivity contribution in [3.05, 3.63) is 69.5 Å². The topological polar surface area (TPSA) is 116 Å². The Bertz CT molecular complexity index is 1140. The van der Waals surface area contributed by atoms with E-state index in [1.165, 1.54) is 6.21 Å². The van der Waals surface area contributed by atoms with Gasteiger partial charge in [-0.05, 0) is 42.8 Å². The second-order valence-electron chi connectivity index (χ2n) is 6.25. The summed E-state index contributed by atoms with van der Waals surface area (Å²) in [5, 5.41) is 12.7. The maximum Gasteiger partial charge on any atom is 0.338 e. The summed E-state index contributed by atoms with van der Waals surface area (Å²) in [4.78, 5) is 23.6. The second-order valence-corrected chi connectivity index (χ2v) is 8.02. The highest BCUT2D eigenvalue weighted by atomic mass is 35.5. The number of hydrazone groups is 1. The lowest BCUT2D eigenvalue weighted by molar-refractivity contribution is -0.118. The van der Waals surface area contributed by atoms with Gasteiger partial charge >= 0.3 is 5.97 Å². The van der Waals surface area contributed by atoms with Crippen LogP contribution in [0.15, 0.2) is 57.2 Å². The number of thioether (sulfide) groups is 1. The van der Waals surface area contributed by atoms with Crippen molar-refractivity contribution in [1.82, 2.24) is 15.6 Å². The van der Waals surface area contributed by atoms with Crippen LogP contribution in [-0.2, 0) is 16.1 Å². The van der Waals surface area contributed by atoms with Gasteiger partial charge in [-0.1, -0.05) is 47.1 Å². The van der Waals surface area contributed by atoms with Crippen molar-refractivity contribution in [1.29, 1.82) is 0 Å². The normalized spacial score (nSPS) is 10.9. The number of ether oxygens (including phenoxy) is 2. The van der Waals surface area contributed by atoms with Gasteiger partial charge in [-0.25, -0.2) is 10.2 Å². The zero-order chi connectivity index (χ0) is 23.6. The van der Waals surface area contributed by atoms with E-state index in [0.29, 0.717) is 33.5 Å². The summed E-state index contributed by atoms with van der Waals surface area (Å²) < 4.78 is 15.9. The van der Waals surface area contributed by atoms with Gasteiger partial charge in [0.05, 0.1) is 29.2 Å². The minimum absolute atomic E-state index is 0.0142. The number of carbonyl (C=O) groups is 2. The molecule has 1 N–H and O–H groups in total. The third-order valence-electron chi connectivity index (χ3n) is 3.84. The number of halogens is 2. The van der Waals surface area contributed by atoms with Gasteiger partial charge in [-0.15, -0.1) is 10.2 Å². The number of hydrogen-bond acceptors (Lipinski definition) is 9. The number of esters is 1. The first kappa shape index (κ1) is 24.6. The van der Waals surface area contributed by atoms with Crippen molar-refractivity contribution in [3.8, 4) is 5.75 Å². The molecule has 0 aliphatic heterocycles. The van der Waals surface area contributed by atoms with Crippen LogP contribution in [0.5, 0.6) is 5.75 Å². The molecule has 12 heteroatoms. The maximum atomic E-state index is 12.0. The number of carbonyl (C=O) groups excluding carboxylic acids is 2. The number of amides is 1. The van der Waals surface area contributed by atoms with E-state index in [9.17, 15) is 9.59 Å². The van der Waals surface area contributed by atoms with E-state index in [1.54, 1.807) is 49.4 Å². The first-order valence-corrected chi connectivity index (χ1v) is 11.3. The van der Waals surface area contributed by atoms with Gasteiger partial charge in [0, 0.05) is 5.02 Å². The number of nitrogens with one attached hydrogen (secondary N) is 1. The smallest absolute Gasteiger partial charge is 0.338 e. The van der Waals surface area contributed by atoms with Gasteiger partial charge in [0.25, 0.3) is 17.0 Å². The van der Waals surface area contributed by atoms with Crippen LogP contribution in [0.2, 0.25) is 10.0 Å². The molecule has 1 amide bonds. The van der Waals surface area contributed by atoms with Crippen molar-refractivity contribution >= 4 is 53.1 Å². The number of hydrogen-bond donors (Lipinski definition) is 1. The van der Waals surface area contributed by atoms with Crippen LogP contribution in [0, 0.1) is 0 Å². The number of benzene rings is 2. The third-order valence-corrected chi connectivity index (χ3v) is 5.19. The van der Waals surface area contributed by atoms with Gasteiger partial charge in [0.1, 0.15) is 5.75 Å². The van der Waals surface area contributed by atoms with Crippen LogP contribution >= 0.6 is 35.0 Å². The standard InChI is InChI=1S/C21H18Cl2N4O5S/c1-2-30-20(29)14-5-3-13(4-6-14)10-24-25-18(28)12-33-21-27-26-19(32-21)11-31-17-8-7-15(22)9-16(17)23/h3-10H,2,11-12H2,1H3,(H,25,28)/b24-10-. The van der Waals surface area contributed by atoms with Crippen LogP contribution in [0.3, 0.4) is 0 Å². The summed E-state index contributed by atoms with van der Waals surface area (Å²) in [7, 11) is 0. The van der Waals surface area contributed by atoms with Crippen LogP contribution < -0.4 is 10.2 Å². The lowest BCUT2D eigenvalue weighted by Crippen LogP contribution is -2.19. The zero-order valence-corrected chi connectivity index (χ0v) is 19.6. The first-order chi connectivity index (χ1) is 15.9. The molecule has 0 spiro atoms. The predicted molar refractivity (Wildman–Crippen MR) is 124 cm³/mol. The molecule has 2 aromatic carbocycles. The van der Waals surface area contributed by atoms with Crippen molar-refractivity contribution in [2.75, 3.05) is 12.4 Å². The molecule has 0 aliphatic rings. The zero-order valence-electron chi connectivity index (χ0n) is 17.3. The highest BCUT2D eigenvalue weighted by Crippen LogP contribution is 2.28. The lowest BCUT2D eigenvalue weighted by Gasteiger charge is -2.05. The minimum Gasteiger partial charge on any atom is -0.482 e. The quantitative estimate of drug-likeness (QED) is 0.185. The Labute approximate surface area is 203 Å². The molecule has 0 saturated heterocycles. The van der Waals surface area contributed by atoms with Crippen molar-refractivity contribution in [3.63, 3.8) is 0 Å². The molecule has 0 bridgehead atoms. The summed E-state index contributed by atoms with van der Waals surface area (Å²) in [5.74, 6) is -0.0707. The Morgan fingerprint density at radius 2 is 1.97 bits per heavy atom. The molecular weight excluding hydrogens is 491 g/mol. The summed E-state index contributed by atoms with van der Waals surface area (Å²) in [6.45, 7) is 2.06. The highest BCUT2D eigenvalue weighted by molar-refractivity contribution is 7.99. The van der Waals surface area contributed by atoms with Crippen molar-refractivity contribution in [2.24, 2.45) is 5.10 Å². The molecule has 172 valence electrons. The van der Waals surface area contributed by atoms with Crippen LogP contribution in [-0.4, -0.2) is 40.6 Å². The molecular formula is C21H18Cl2N4O5S. The Kier molecular flexibility index (Phi) is 9.11. The molecule has 0 radical (unpaired) electrons. The van der Waals surface area contributed by atoms with E-state index in [0.717, 1.165) is 11.8 Å². The van der Waals surface area contributed by atoms with Crippen molar-refractivity contribution in [2.45, 2.75) is 18.8 Å². The number of nitrogens with zero attached hydrogens (tertiary/aromatic N) is 3. The molecule has 0 fully saturated rings. The van der Waals surface area contributed by atoms with Gasteiger partial charge in [-0.3, -0.25) is 4.79 Å². The number of rotatable bonds is 10. The molecule has 1 aromatic heterocycles. The molecule has 33 heavy (non-hydrogen) atoms. The van der Waals surface area contributed by atoms with E-state index in [-0.39, 0.29) is 29.4 Å². The van der Waals surface area contributed by atoms with E-state index in [4.69, 9.17) is 37.1 Å². The monoisotopic (exact) mass is 508 g/mol. The molecule has 0 aliphatic carbocycles. The lowest BCUT2D eigenvalue weighted by atomic mass is 10.1. The van der Waals surface area contributed by atoms with Gasteiger partial charge in [0.2, 0.25) is 0 Å². The summed E-state index contributed by atoms with van der Waals surface area (Å²) in [6, 6.07) is 11.5. The molecule has 3 aromatic rings. The van der Waals surface area contributed by atoms with Gasteiger partial charge in [-0.2, -0.15) is 5.10 Å². The summed E-state index contributed by atoms with van der Waals surface area (Å²) in [6.07, 6.45) is 1.46. The fourth-order valence-corrected chi connectivity index (χ4v) is 3.38. The Morgan fingerprint density at radius 3 is 2.70 bits per heavy atom. The van der Waals surface area contributed by atoms with Crippen LogP contribution in [0.4, 0.5) is 0 Å². The molecule has 3 rings (SSSR count). The Balaban J connectivity index is 1.41. The fraction of sp³-hybridized carbons (Fsp3) is 0.190. The summed E-state index contributed by atoms with van der Waals surface area (Å²) in [5.41, 5.74) is 3.55. The Morgan fingerprint density at radius 1 is 1.18 bits per heavy atom. The van der Waals surface area contributed by atoms with E-state index < -0.39 is 5.97 Å². The minimum atomic E-state index is -0.393. The highest BCUT2D eigenvalue weighted by Gasteiger charge is 2.11. The first-order valence-electron chi connectivity index (χ1n) is 9.56. The third kappa shape index (κ3) is 7.77. The molecule has 0 unspecified atom stereocenters.